The molecule has 0 saturated carbocycles. The summed E-state index contributed by atoms with van der Waals surface area (Å²) in [5.74, 6) is -0.00356. The molecule has 0 unspecified atom stereocenters. The summed E-state index contributed by atoms with van der Waals surface area (Å²) in [4.78, 5) is 28.4. The van der Waals surface area contributed by atoms with Crippen molar-refractivity contribution in [1.29, 1.82) is 0 Å². The van der Waals surface area contributed by atoms with E-state index < -0.39 is 0 Å². The number of hydrogen-bond donors (Lipinski definition) is 1. The summed E-state index contributed by atoms with van der Waals surface area (Å²) < 4.78 is 5.53. The number of rotatable bonds is 6. The first-order valence-electron chi connectivity index (χ1n) is 10.7. The summed E-state index contributed by atoms with van der Waals surface area (Å²) in [6, 6.07) is 20.6. The van der Waals surface area contributed by atoms with Gasteiger partial charge in [-0.15, -0.1) is 0 Å². The Balaban J connectivity index is 1.82. The number of amides is 2. The molecule has 0 saturated heterocycles. The molecule has 0 aliphatic carbocycles. The third kappa shape index (κ3) is 4.02. The van der Waals surface area contributed by atoms with Gasteiger partial charge in [-0.25, -0.2) is 4.90 Å². The molecular weight excluding hydrogens is 400 g/mol. The van der Waals surface area contributed by atoms with Gasteiger partial charge in [-0.2, -0.15) is 0 Å². The second kappa shape index (κ2) is 8.71. The molecule has 3 aromatic carbocycles. The van der Waals surface area contributed by atoms with Crippen molar-refractivity contribution >= 4 is 28.8 Å². The lowest BCUT2D eigenvalue weighted by molar-refractivity contribution is -0.120. The number of carbonyl (C=O) groups excluding carboxylic acids is 2. The average Bonchev–Trinajstić information content (AvgIpc) is 3.01. The van der Waals surface area contributed by atoms with Gasteiger partial charge in [0, 0.05) is 5.69 Å². The number of anilines is 2. The second-order valence-electron chi connectivity index (χ2n) is 7.94. The zero-order valence-electron chi connectivity index (χ0n) is 18.7. The van der Waals surface area contributed by atoms with Crippen LogP contribution in [0.3, 0.4) is 0 Å². The molecule has 1 N–H and O–H groups in total. The van der Waals surface area contributed by atoms with Crippen LogP contribution >= 0.6 is 0 Å². The minimum Gasteiger partial charge on any atom is -0.494 e. The third-order valence-corrected chi connectivity index (χ3v) is 5.45. The summed E-state index contributed by atoms with van der Waals surface area (Å²) in [5.41, 5.74) is 5.67. The van der Waals surface area contributed by atoms with E-state index in [0.29, 0.717) is 29.2 Å². The van der Waals surface area contributed by atoms with Gasteiger partial charge in [-0.05, 0) is 80.3 Å². The van der Waals surface area contributed by atoms with Crippen molar-refractivity contribution in [2.45, 2.75) is 27.7 Å². The van der Waals surface area contributed by atoms with Crippen LogP contribution in [0.25, 0.3) is 5.57 Å². The van der Waals surface area contributed by atoms with Crippen LogP contribution in [0.4, 0.5) is 11.4 Å². The molecule has 32 heavy (non-hydrogen) atoms. The van der Waals surface area contributed by atoms with Gasteiger partial charge in [0.2, 0.25) is 0 Å². The van der Waals surface area contributed by atoms with Gasteiger partial charge in [0.05, 0.1) is 17.9 Å². The van der Waals surface area contributed by atoms with Crippen molar-refractivity contribution < 1.29 is 14.3 Å². The SMILES string of the molecule is CCOc1ccc(C2=C(Nc3cc(C)ccc3C)C(=O)N(c3cccc(C)c3)C2=O)cc1. The summed E-state index contributed by atoms with van der Waals surface area (Å²) in [7, 11) is 0. The standard InChI is InChI=1S/C27H26N2O3/c1-5-32-22-13-11-20(12-14-22)24-25(28-23-16-18(3)9-10-19(23)4)27(31)29(26(24)30)21-8-6-7-17(2)15-21/h6-16,28H,5H2,1-4H3. The highest BCUT2D eigenvalue weighted by molar-refractivity contribution is 6.46. The minimum absolute atomic E-state index is 0.273. The maximum Gasteiger partial charge on any atom is 0.282 e. The molecule has 1 aliphatic rings. The Hall–Kier alpha value is -3.86. The summed E-state index contributed by atoms with van der Waals surface area (Å²) >= 11 is 0. The maximum atomic E-state index is 13.6. The molecule has 2 amide bonds. The van der Waals surface area contributed by atoms with E-state index in [1.165, 1.54) is 4.90 Å². The topological polar surface area (TPSA) is 58.6 Å². The molecule has 3 aromatic rings. The first-order chi connectivity index (χ1) is 15.4. The number of nitrogens with zero attached hydrogens (tertiary/aromatic N) is 1. The van der Waals surface area contributed by atoms with Gasteiger partial charge < -0.3 is 10.1 Å². The molecule has 0 aromatic heterocycles. The average molecular weight is 427 g/mol. The Morgan fingerprint density at radius 3 is 2.25 bits per heavy atom. The Bertz CT molecular complexity index is 1230. The van der Waals surface area contributed by atoms with E-state index in [1.54, 1.807) is 6.07 Å². The van der Waals surface area contributed by atoms with Gasteiger partial charge in [0.1, 0.15) is 11.4 Å². The number of benzene rings is 3. The van der Waals surface area contributed by atoms with E-state index >= 15 is 0 Å². The smallest absolute Gasteiger partial charge is 0.282 e. The molecular formula is C27H26N2O3. The number of hydrogen-bond acceptors (Lipinski definition) is 4. The fraction of sp³-hybridized carbons (Fsp3) is 0.185. The fourth-order valence-electron chi connectivity index (χ4n) is 3.80. The Labute approximate surface area is 188 Å². The Morgan fingerprint density at radius 2 is 1.56 bits per heavy atom. The number of nitrogens with one attached hydrogen (secondary N) is 1. The lowest BCUT2D eigenvalue weighted by Crippen LogP contribution is -2.32. The van der Waals surface area contributed by atoms with E-state index in [-0.39, 0.29) is 17.5 Å². The van der Waals surface area contributed by atoms with Gasteiger partial charge >= 0.3 is 0 Å². The summed E-state index contributed by atoms with van der Waals surface area (Å²) in [6.45, 7) is 8.37. The van der Waals surface area contributed by atoms with Crippen LogP contribution in [0, 0.1) is 20.8 Å². The highest BCUT2D eigenvalue weighted by Crippen LogP contribution is 2.35. The van der Waals surface area contributed by atoms with Crippen LogP contribution in [0.1, 0.15) is 29.2 Å². The summed E-state index contributed by atoms with van der Waals surface area (Å²) in [5, 5.41) is 3.27. The molecule has 4 rings (SSSR count). The van der Waals surface area contributed by atoms with Crippen LogP contribution in [0.5, 0.6) is 5.75 Å². The van der Waals surface area contributed by atoms with Gasteiger partial charge in [-0.3, -0.25) is 9.59 Å². The lowest BCUT2D eigenvalue weighted by Gasteiger charge is -2.16. The van der Waals surface area contributed by atoms with Crippen molar-refractivity contribution in [2.24, 2.45) is 0 Å². The van der Waals surface area contributed by atoms with Crippen LogP contribution < -0.4 is 15.0 Å². The Kier molecular flexibility index (Phi) is 5.82. The van der Waals surface area contributed by atoms with Crippen LogP contribution in [-0.2, 0) is 9.59 Å². The van der Waals surface area contributed by atoms with Gasteiger partial charge in [0.25, 0.3) is 11.8 Å². The van der Waals surface area contributed by atoms with E-state index in [4.69, 9.17) is 4.74 Å². The van der Waals surface area contributed by atoms with Crippen molar-refractivity contribution in [2.75, 3.05) is 16.8 Å². The zero-order chi connectivity index (χ0) is 22.8. The minimum atomic E-state index is -0.370. The first kappa shape index (κ1) is 21.4. The predicted molar refractivity (Wildman–Crippen MR) is 128 cm³/mol. The number of ether oxygens (including phenoxy) is 1. The molecule has 0 atom stereocenters. The number of aryl methyl sites for hydroxylation is 3. The lowest BCUT2D eigenvalue weighted by atomic mass is 10.0. The Morgan fingerprint density at radius 1 is 0.844 bits per heavy atom. The quantitative estimate of drug-likeness (QED) is 0.536. The second-order valence-corrected chi connectivity index (χ2v) is 7.94. The molecule has 0 fully saturated rings. The van der Waals surface area contributed by atoms with Crippen molar-refractivity contribution in [3.05, 3.63) is 94.7 Å². The molecule has 5 heteroatoms. The predicted octanol–water partition coefficient (Wildman–Crippen LogP) is 5.41. The highest BCUT2D eigenvalue weighted by Gasteiger charge is 2.40. The highest BCUT2D eigenvalue weighted by atomic mass is 16.5. The molecule has 162 valence electrons. The molecule has 0 radical (unpaired) electrons. The zero-order valence-corrected chi connectivity index (χ0v) is 18.7. The molecule has 1 aliphatic heterocycles. The third-order valence-electron chi connectivity index (χ3n) is 5.45. The van der Waals surface area contributed by atoms with E-state index in [0.717, 1.165) is 22.4 Å². The summed E-state index contributed by atoms with van der Waals surface area (Å²) in [6.07, 6.45) is 0. The van der Waals surface area contributed by atoms with Crippen LogP contribution in [0.2, 0.25) is 0 Å². The number of carbonyl (C=O) groups is 2. The number of imide groups is 1. The van der Waals surface area contributed by atoms with E-state index in [2.05, 4.69) is 5.32 Å². The van der Waals surface area contributed by atoms with Crippen molar-refractivity contribution in [3.63, 3.8) is 0 Å². The first-order valence-corrected chi connectivity index (χ1v) is 10.7. The van der Waals surface area contributed by atoms with Gasteiger partial charge in [-0.1, -0.05) is 36.4 Å². The van der Waals surface area contributed by atoms with Crippen molar-refractivity contribution in [3.8, 4) is 5.75 Å². The largest absolute Gasteiger partial charge is 0.494 e. The van der Waals surface area contributed by atoms with Crippen molar-refractivity contribution in [1.82, 2.24) is 0 Å². The van der Waals surface area contributed by atoms with E-state index in [9.17, 15) is 9.59 Å². The van der Waals surface area contributed by atoms with Gasteiger partial charge in [0.15, 0.2) is 0 Å². The molecule has 5 nitrogen and oxygen atoms in total. The normalized spacial score (nSPS) is 13.7. The van der Waals surface area contributed by atoms with E-state index in [1.807, 2.05) is 88.4 Å². The maximum absolute atomic E-state index is 13.6. The monoisotopic (exact) mass is 426 g/mol. The molecule has 0 bridgehead atoms. The van der Waals surface area contributed by atoms with Crippen LogP contribution in [0.15, 0.2) is 72.4 Å². The van der Waals surface area contributed by atoms with Crippen LogP contribution in [-0.4, -0.2) is 18.4 Å². The fourth-order valence-corrected chi connectivity index (χ4v) is 3.80. The molecule has 1 heterocycles. The molecule has 0 spiro atoms.